The van der Waals surface area contributed by atoms with Crippen LogP contribution >= 0.6 is 22.9 Å². The van der Waals surface area contributed by atoms with Gasteiger partial charge in [0.15, 0.2) is 10.8 Å². The minimum absolute atomic E-state index is 0.119. The summed E-state index contributed by atoms with van der Waals surface area (Å²) in [5.74, 6) is -1.16. The Morgan fingerprint density at radius 1 is 1.35 bits per heavy atom. The summed E-state index contributed by atoms with van der Waals surface area (Å²) in [7, 11) is 2.58. The zero-order valence-corrected chi connectivity index (χ0v) is 20.0. The number of hydrogen-bond acceptors (Lipinski definition) is 10. The summed E-state index contributed by atoms with van der Waals surface area (Å²) >= 11 is 7.73. The summed E-state index contributed by atoms with van der Waals surface area (Å²) in [5, 5.41) is 5.71. The number of benzene rings is 1. The average Bonchev–Trinajstić information content (AvgIpc) is 3.38. The molecule has 9 nitrogen and oxygen atoms in total. The molecule has 0 spiro atoms. The molecule has 1 saturated heterocycles. The number of thiazole rings is 1. The fraction of sp³-hybridized carbons (Fsp3) is 0.364. The Kier molecular flexibility index (Phi) is 7.57. The van der Waals surface area contributed by atoms with E-state index >= 15 is 0 Å². The van der Waals surface area contributed by atoms with Crippen molar-refractivity contribution in [3.8, 4) is 0 Å². The van der Waals surface area contributed by atoms with Crippen molar-refractivity contribution in [2.24, 2.45) is 4.99 Å². The second-order valence-corrected chi connectivity index (χ2v) is 8.78. The molecule has 2 atom stereocenters. The molecule has 0 unspecified atom stereocenters. The second kappa shape index (κ2) is 10.6. The average molecular weight is 509 g/mol. The van der Waals surface area contributed by atoms with Gasteiger partial charge in [-0.15, -0.1) is 11.3 Å². The molecule has 2 aromatic rings. The van der Waals surface area contributed by atoms with E-state index in [2.05, 4.69) is 10.3 Å². The van der Waals surface area contributed by atoms with Gasteiger partial charge in [0.25, 0.3) is 0 Å². The molecule has 34 heavy (non-hydrogen) atoms. The Morgan fingerprint density at radius 3 is 2.85 bits per heavy atom. The fourth-order valence-electron chi connectivity index (χ4n) is 3.85. The maximum Gasteiger partial charge on any atom is 0.338 e. The van der Waals surface area contributed by atoms with E-state index in [0.717, 1.165) is 0 Å². The van der Waals surface area contributed by atoms with Crippen LogP contribution in [0.2, 0.25) is 5.02 Å². The topological polar surface area (TPSA) is 102 Å². The molecule has 0 saturated carbocycles. The van der Waals surface area contributed by atoms with Gasteiger partial charge >= 0.3 is 11.9 Å². The number of hydrogen-bond donors (Lipinski definition) is 1. The van der Waals surface area contributed by atoms with Crippen LogP contribution in [0.15, 0.2) is 46.0 Å². The number of morpholine rings is 1. The largest absolute Gasteiger partial charge is 0.468 e. The molecule has 1 N–H and O–H groups in total. The zero-order valence-electron chi connectivity index (χ0n) is 18.4. The Hall–Kier alpha value is -2.86. The number of aromatic nitrogens is 1. The molecule has 0 radical (unpaired) electrons. The predicted octanol–water partition coefficient (Wildman–Crippen LogP) is 2.33. The van der Waals surface area contributed by atoms with Crippen molar-refractivity contribution in [1.82, 2.24) is 15.2 Å². The number of carbonyl (C=O) groups is 2. The third-order valence-electron chi connectivity index (χ3n) is 5.50. The molecule has 1 aromatic heterocycles. The molecule has 1 fully saturated rings. The summed E-state index contributed by atoms with van der Waals surface area (Å²) in [6.45, 7) is 1.18. The van der Waals surface area contributed by atoms with Crippen molar-refractivity contribution in [2.75, 3.05) is 40.5 Å². The summed E-state index contributed by atoms with van der Waals surface area (Å²) in [4.78, 5) is 36.2. The van der Waals surface area contributed by atoms with Gasteiger partial charge < -0.3 is 19.5 Å². The van der Waals surface area contributed by atoms with Gasteiger partial charge in [0.1, 0.15) is 17.9 Å². The lowest BCUT2D eigenvalue weighted by atomic mass is 9.95. The lowest BCUT2D eigenvalue weighted by molar-refractivity contribution is -0.152. The van der Waals surface area contributed by atoms with Crippen LogP contribution in [0.4, 0.5) is 4.39 Å². The first-order valence-corrected chi connectivity index (χ1v) is 11.6. The lowest BCUT2D eigenvalue weighted by Crippen LogP contribution is -2.52. The number of nitrogens with one attached hydrogen (secondary N) is 1. The fourth-order valence-corrected chi connectivity index (χ4v) is 4.71. The molecule has 1 aromatic carbocycles. The molecular formula is C22H22ClFN4O5S. The summed E-state index contributed by atoms with van der Waals surface area (Å²) in [6, 6.07) is 2.38. The summed E-state index contributed by atoms with van der Waals surface area (Å²) < 4.78 is 29.2. The number of ether oxygens (including phenoxy) is 3. The molecule has 0 aliphatic carbocycles. The van der Waals surface area contributed by atoms with Gasteiger partial charge in [-0.05, 0) is 12.1 Å². The predicted molar refractivity (Wildman–Crippen MR) is 123 cm³/mol. The molecule has 12 heteroatoms. The van der Waals surface area contributed by atoms with Crippen LogP contribution in [-0.4, -0.2) is 74.2 Å². The van der Waals surface area contributed by atoms with Gasteiger partial charge in [0, 0.05) is 40.9 Å². The number of methoxy groups -OCH3 is 2. The number of halogens is 2. The highest BCUT2D eigenvalue weighted by molar-refractivity contribution is 7.11. The summed E-state index contributed by atoms with van der Waals surface area (Å²) in [5.41, 5.74) is 1.10. The Labute approximate surface area is 204 Å². The Morgan fingerprint density at radius 2 is 2.18 bits per heavy atom. The van der Waals surface area contributed by atoms with E-state index in [4.69, 9.17) is 30.8 Å². The second-order valence-electron chi connectivity index (χ2n) is 7.48. The smallest absolute Gasteiger partial charge is 0.338 e. The van der Waals surface area contributed by atoms with E-state index < -0.39 is 29.8 Å². The van der Waals surface area contributed by atoms with E-state index in [1.165, 1.54) is 43.8 Å². The molecule has 2 aliphatic rings. The van der Waals surface area contributed by atoms with Crippen molar-refractivity contribution in [2.45, 2.75) is 12.1 Å². The van der Waals surface area contributed by atoms with Crippen LogP contribution in [0.25, 0.3) is 0 Å². The van der Waals surface area contributed by atoms with Crippen LogP contribution in [0.3, 0.4) is 0 Å². The number of carbonyl (C=O) groups excluding carboxylic acids is 2. The first-order chi connectivity index (χ1) is 16.4. The normalized spacial score (nSPS) is 21.0. The lowest BCUT2D eigenvalue weighted by Gasteiger charge is -2.36. The molecule has 0 bridgehead atoms. The van der Waals surface area contributed by atoms with Gasteiger partial charge in [0.05, 0.1) is 33.0 Å². The van der Waals surface area contributed by atoms with Crippen molar-refractivity contribution in [1.29, 1.82) is 0 Å². The zero-order chi connectivity index (χ0) is 24.2. The highest BCUT2D eigenvalue weighted by Crippen LogP contribution is 2.37. The number of amidine groups is 1. The van der Waals surface area contributed by atoms with Gasteiger partial charge in [-0.3, -0.25) is 14.7 Å². The van der Waals surface area contributed by atoms with Gasteiger partial charge in [0.2, 0.25) is 0 Å². The van der Waals surface area contributed by atoms with Gasteiger partial charge in [-0.2, -0.15) is 0 Å². The number of esters is 2. The van der Waals surface area contributed by atoms with Crippen LogP contribution in [0.1, 0.15) is 16.6 Å². The number of nitrogens with zero attached hydrogens (tertiary/aromatic N) is 3. The Balaban J connectivity index is 1.82. The quantitative estimate of drug-likeness (QED) is 0.593. The minimum Gasteiger partial charge on any atom is -0.468 e. The third kappa shape index (κ3) is 4.97. The van der Waals surface area contributed by atoms with Crippen molar-refractivity contribution >= 4 is 40.7 Å². The number of aliphatic imine (C=N–C) groups is 1. The van der Waals surface area contributed by atoms with Crippen LogP contribution < -0.4 is 5.32 Å². The van der Waals surface area contributed by atoms with E-state index in [-0.39, 0.29) is 23.7 Å². The van der Waals surface area contributed by atoms with Crippen LogP contribution in [0.5, 0.6) is 0 Å². The van der Waals surface area contributed by atoms with Crippen molar-refractivity contribution in [3.05, 3.63) is 62.5 Å². The standard InChI is InChI=1S/C22H22ClFN4O5S/c1-31-21(29)16-11-33-7-6-28(16)10-15-17(22(30)32-2)18(13-4-3-12(24)9-14(13)23)27-19(26-15)20-25-5-8-34-20/h3-5,8-9,16,18H,6-7,10-11H2,1-2H3,(H,26,27)/t16-,18-/m0/s1. The maximum absolute atomic E-state index is 13.8. The van der Waals surface area contributed by atoms with E-state index in [0.29, 0.717) is 35.3 Å². The molecule has 3 heterocycles. The first kappa shape index (κ1) is 24.3. The van der Waals surface area contributed by atoms with E-state index in [1.807, 2.05) is 4.90 Å². The van der Waals surface area contributed by atoms with Crippen LogP contribution in [-0.2, 0) is 23.8 Å². The Bertz CT molecular complexity index is 1140. The van der Waals surface area contributed by atoms with Gasteiger partial charge in [-0.25, -0.2) is 14.2 Å². The van der Waals surface area contributed by atoms with E-state index in [1.54, 1.807) is 11.6 Å². The first-order valence-electron chi connectivity index (χ1n) is 10.3. The van der Waals surface area contributed by atoms with Gasteiger partial charge in [-0.1, -0.05) is 17.7 Å². The molecule has 0 amide bonds. The third-order valence-corrected chi connectivity index (χ3v) is 6.60. The van der Waals surface area contributed by atoms with Crippen molar-refractivity contribution < 1.29 is 28.2 Å². The monoisotopic (exact) mass is 508 g/mol. The summed E-state index contributed by atoms with van der Waals surface area (Å²) in [6.07, 6.45) is 1.64. The molecule has 4 rings (SSSR count). The van der Waals surface area contributed by atoms with E-state index in [9.17, 15) is 14.0 Å². The molecular weight excluding hydrogens is 487 g/mol. The maximum atomic E-state index is 13.8. The highest BCUT2D eigenvalue weighted by Gasteiger charge is 2.37. The van der Waals surface area contributed by atoms with Crippen LogP contribution in [0, 0.1) is 5.82 Å². The molecule has 180 valence electrons. The van der Waals surface area contributed by atoms with Crippen molar-refractivity contribution in [3.63, 3.8) is 0 Å². The highest BCUT2D eigenvalue weighted by atomic mass is 35.5. The minimum atomic E-state index is -0.881. The number of rotatable bonds is 6. The molecule has 2 aliphatic heterocycles. The SMILES string of the molecule is COC(=O)C1=C(CN2CCOC[C@H]2C(=O)OC)NC(c2nccs2)=N[C@H]1c1ccc(F)cc1Cl.